The molecular formula is C11H22N2. The molecule has 2 atom stereocenters. The first-order chi connectivity index (χ1) is 6.24. The van der Waals surface area contributed by atoms with Crippen molar-refractivity contribution in [2.24, 2.45) is 0 Å². The van der Waals surface area contributed by atoms with E-state index in [0.717, 1.165) is 6.54 Å². The van der Waals surface area contributed by atoms with Gasteiger partial charge in [0.15, 0.2) is 0 Å². The first-order valence-electron chi connectivity index (χ1n) is 5.34. The number of hydrogen-bond donors (Lipinski definition) is 1. The van der Waals surface area contributed by atoms with Crippen molar-refractivity contribution in [2.75, 3.05) is 19.6 Å². The van der Waals surface area contributed by atoms with Gasteiger partial charge in [-0.1, -0.05) is 6.08 Å². The minimum atomic E-state index is 0.435. The topological polar surface area (TPSA) is 15.3 Å². The van der Waals surface area contributed by atoms with Gasteiger partial charge in [-0.3, -0.25) is 4.90 Å². The molecule has 1 aliphatic rings. The molecule has 1 saturated heterocycles. The van der Waals surface area contributed by atoms with Crippen LogP contribution in [-0.4, -0.2) is 36.6 Å². The third kappa shape index (κ3) is 3.49. The van der Waals surface area contributed by atoms with Crippen molar-refractivity contribution in [3.63, 3.8) is 0 Å². The average molecular weight is 182 g/mol. The van der Waals surface area contributed by atoms with Gasteiger partial charge >= 0.3 is 0 Å². The Morgan fingerprint density at radius 3 is 2.54 bits per heavy atom. The maximum absolute atomic E-state index is 3.76. The SMILES string of the molecule is C=CC(C)NCC(C)N1CCCC1. The van der Waals surface area contributed by atoms with Crippen LogP contribution >= 0.6 is 0 Å². The highest BCUT2D eigenvalue weighted by Crippen LogP contribution is 2.10. The summed E-state index contributed by atoms with van der Waals surface area (Å²) in [4.78, 5) is 2.56. The van der Waals surface area contributed by atoms with Crippen molar-refractivity contribution in [1.82, 2.24) is 10.2 Å². The standard InChI is InChI=1S/C11H22N2/c1-4-10(2)12-9-11(3)13-7-5-6-8-13/h4,10-12H,1,5-9H2,2-3H3. The van der Waals surface area contributed by atoms with Crippen LogP contribution < -0.4 is 5.32 Å². The lowest BCUT2D eigenvalue weighted by molar-refractivity contribution is 0.250. The molecular weight excluding hydrogens is 160 g/mol. The van der Waals surface area contributed by atoms with E-state index in [1.807, 2.05) is 6.08 Å². The lowest BCUT2D eigenvalue weighted by Crippen LogP contribution is -2.40. The van der Waals surface area contributed by atoms with E-state index in [2.05, 4.69) is 30.6 Å². The Labute approximate surface area is 82.0 Å². The molecule has 1 N–H and O–H groups in total. The Balaban J connectivity index is 2.16. The third-order valence-corrected chi connectivity index (χ3v) is 2.85. The number of likely N-dealkylation sites (tertiary alicyclic amines) is 1. The maximum Gasteiger partial charge on any atom is 0.0219 e. The van der Waals surface area contributed by atoms with E-state index in [1.165, 1.54) is 25.9 Å². The first kappa shape index (κ1) is 10.7. The summed E-state index contributed by atoms with van der Waals surface area (Å²) in [5.41, 5.74) is 0. The zero-order valence-electron chi connectivity index (χ0n) is 8.92. The summed E-state index contributed by atoms with van der Waals surface area (Å²) in [6.07, 6.45) is 4.71. The largest absolute Gasteiger partial charge is 0.309 e. The second-order valence-electron chi connectivity index (χ2n) is 4.02. The molecule has 0 spiro atoms. The van der Waals surface area contributed by atoms with Crippen LogP contribution in [-0.2, 0) is 0 Å². The van der Waals surface area contributed by atoms with E-state index in [1.54, 1.807) is 0 Å². The quantitative estimate of drug-likeness (QED) is 0.650. The van der Waals surface area contributed by atoms with Crippen LogP contribution in [0.25, 0.3) is 0 Å². The van der Waals surface area contributed by atoms with Gasteiger partial charge in [0.2, 0.25) is 0 Å². The second-order valence-corrected chi connectivity index (χ2v) is 4.02. The van der Waals surface area contributed by atoms with Crippen molar-refractivity contribution >= 4 is 0 Å². The molecule has 0 saturated carbocycles. The third-order valence-electron chi connectivity index (χ3n) is 2.85. The predicted molar refractivity (Wildman–Crippen MR) is 57.9 cm³/mol. The fourth-order valence-corrected chi connectivity index (χ4v) is 1.75. The van der Waals surface area contributed by atoms with Crippen molar-refractivity contribution in [2.45, 2.75) is 38.8 Å². The summed E-state index contributed by atoms with van der Waals surface area (Å²) < 4.78 is 0. The molecule has 76 valence electrons. The summed E-state index contributed by atoms with van der Waals surface area (Å²) in [7, 11) is 0. The molecule has 1 rings (SSSR count). The number of hydrogen-bond acceptors (Lipinski definition) is 2. The molecule has 1 aliphatic heterocycles. The molecule has 0 bridgehead atoms. The Kier molecular flexibility index (Phi) is 4.46. The highest BCUT2D eigenvalue weighted by atomic mass is 15.2. The number of rotatable bonds is 5. The van der Waals surface area contributed by atoms with Gasteiger partial charge in [0.25, 0.3) is 0 Å². The van der Waals surface area contributed by atoms with Crippen molar-refractivity contribution < 1.29 is 0 Å². The van der Waals surface area contributed by atoms with Crippen molar-refractivity contribution in [3.05, 3.63) is 12.7 Å². The van der Waals surface area contributed by atoms with Crippen LogP contribution in [0.1, 0.15) is 26.7 Å². The normalized spacial score (nSPS) is 22.9. The molecule has 2 unspecified atom stereocenters. The molecule has 2 heteroatoms. The van der Waals surface area contributed by atoms with Crippen LogP contribution in [0.15, 0.2) is 12.7 Å². The number of nitrogens with one attached hydrogen (secondary N) is 1. The predicted octanol–water partition coefficient (Wildman–Crippen LogP) is 1.63. The van der Waals surface area contributed by atoms with Gasteiger partial charge < -0.3 is 5.32 Å². The summed E-state index contributed by atoms with van der Waals surface area (Å²) in [6, 6.07) is 1.11. The second kappa shape index (κ2) is 5.40. The molecule has 0 aromatic heterocycles. The molecule has 2 nitrogen and oxygen atoms in total. The van der Waals surface area contributed by atoms with Crippen molar-refractivity contribution in [1.29, 1.82) is 0 Å². The summed E-state index contributed by atoms with van der Waals surface area (Å²) >= 11 is 0. The summed E-state index contributed by atoms with van der Waals surface area (Å²) in [5.74, 6) is 0. The van der Waals surface area contributed by atoms with Crippen LogP contribution in [0.5, 0.6) is 0 Å². The van der Waals surface area contributed by atoms with Gasteiger partial charge in [-0.15, -0.1) is 6.58 Å². The molecule has 0 amide bonds. The molecule has 0 aliphatic carbocycles. The van der Waals surface area contributed by atoms with E-state index in [4.69, 9.17) is 0 Å². The number of nitrogens with zero attached hydrogens (tertiary/aromatic N) is 1. The van der Waals surface area contributed by atoms with Crippen LogP contribution in [0.3, 0.4) is 0 Å². The minimum absolute atomic E-state index is 0.435. The fourth-order valence-electron chi connectivity index (χ4n) is 1.75. The lowest BCUT2D eigenvalue weighted by Gasteiger charge is -2.25. The van der Waals surface area contributed by atoms with E-state index in [9.17, 15) is 0 Å². The lowest BCUT2D eigenvalue weighted by atomic mass is 10.2. The fraction of sp³-hybridized carbons (Fsp3) is 0.818. The highest BCUT2D eigenvalue weighted by Gasteiger charge is 2.17. The zero-order chi connectivity index (χ0) is 9.68. The van der Waals surface area contributed by atoms with Gasteiger partial charge in [0.05, 0.1) is 0 Å². The van der Waals surface area contributed by atoms with E-state index >= 15 is 0 Å². The summed E-state index contributed by atoms with van der Waals surface area (Å²) in [6.45, 7) is 11.8. The Morgan fingerprint density at radius 2 is 2.00 bits per heavy atom. The summed E-state index contributed by atoms with van der Waals surface area (Å²) in [5, 5.41) is 3.45. The first-order valence-corrected chi connectivity index (χ1v) is 5.34. The van der Waals surface area contributed by atoms with Crippen LogP contribution in [0.4, 0.5) is 0 Å². The molecule has 0 aromatic rings. The minimum Gasteiger partial charge on any atom is -0.309 e. The van der Waals surface area contributed by atoms with Crippen LogP contribution in [0.2, 0.25) is 0 Å². The van der Waals surface area contributed by atoms with E-state index in [-0.39, 0.29) is 0 Å². The molecule has 13 heavy (non-hydrogen) atoms. The molecule has 0 aromatic carbocycles. The monoisotopic (exact) mass is 182 g/mol. The Hall–Kier alpha value is -0.340. The average Bonchev–Trinajstić information content (AvgIpc) is 2.66. The van der Waals surface area contributed by atoms with Crippen LogP contribution in [0, 0.1) is 0 Å². The van der Waals surface area contributed by atoms with E-state index in [0.29, 0.717) is 12.1 Å². The maximum atomic E-state index is 3.76. The smallest absolute Gasteiger partial charge is 0.0219 e. The van der Waals surface area contributed by atoms with Gasteiger partial charge in [-0.05, 0) is 39.8 Å². The molecule has 0 radical (unpaired) electrons. The highest BCUT2D eigenvalue weighted by molar-refractivity contribution is 4.83. The molecule has 1 heterocycles. The Bertz CT molecular complexity index is 150. The van der Waals surface area contributed by atoms with Gasteiger partial charge in [0, 0.05) is 18.6 Å². The van der Waals surface area contributed by atoms with E-state index < -0.39 is 0 Å². The van der Waals surface area contributed by atoms with Gasteiger partial charge in [0.1, 0.15) is 0 Å². The van der Waals surface area contributed by atoms with Crippen molar-refractivity contribution in [3.8, 4) is 0 Å². The van der Waals surface area contributed by atoms with Gasteiger partial charge in [-0.2, -0.15) is 0 Å². The zero-order valence-corrected chi connectivity index (χ0v) is 8.92. The Morgan fingerprint density at radius 1 is 1.38 bits per heavy atom. The molecule has 1 fully saturated rings. The van der Waals surface area contributed by atoms with Gasteiger partial charge in [-0.25, -0.2) is 0 Å².